The molecule has 3 aromatic rings. The summed E-state index contributed by atoms with van der Waals surface area (Å²) in [6.45, 7) is 5.21. The number of Topliss-reactive ketones (excluding diaryl/α,β-unsaturated/α-hetero) is 1. The number of carboxylic acids is 1. The van der Waals surface area contributed by atoms with Gasteiger partial charge in [0.15, 0.2) is 12.1 Å². The number of hydrogen-bond acceptors (Lipinski definition) is 7. The Balaban J connectivity index is 0.000000493. The van der Waals surface area contributed by atoms with Gasteiger partial charge in [0.05, 0.1) is 13.1 Å². The van der Waals surface area contributed by atoms with E-state index in [2.05, 4.69) is 5.32 Å². The number of aryl methyl sites for hydroxylation is 1. The molecule has 0 aliphatic carbocycles. The summed E-state index contributed by atoms with van der Waals surface area (Å²) in [7, 11) is 0. The second-order valence-electron chi connectivity index (χ2n) is 10.5. The van der Waals surface area contributed by atoms with Crippen molar-refractivity contribution in [3.8, 4) is 0 Å². The van der Waals surface area contributed by atoms with E-state index >= 15 is 0 Å². The molecule has 3 saturated heterocycles. The summed E-state index contributed by atoms with van der Waals surface area (Å²) < 4.78 is 38.5. The minimum atomic E-state index is -5.19. The number of halogens is 3. The zero-order valence-corrected chi connectivity index (χ0v) is 23.2. The summed E-state index contributed by atoms with van der Waals surface area (Å²) >= 11 is 1.62. The molecule has 2 aromatic carbocycles. The molecule has 1 aromatic heterocycles. The maximum absolute atomic E-state index is 13.5. The van der Waals surface area contributed by atoms with Gasteiger partial charge in [0, 0.05) is 40.3 Å². The summed E-state index contributed by atoms with van der Waals surface area (Å²) in [6, 6.07) is 20.9. The Morgan fingerprint density at radius 1 is 1.05 bits per heavy atom. The van der Waals surface area contributed by atoms with Crippen LogP contribution in [0.25, 0.3) is 0 Å². The van der Waals surface area contributed by atoms with Crippen molar-refractivity contribution in [1.82, 2.24) is 0 Å². The third-order valence-corrected chi connectivity index (χ3v) is 8.39. The highest BCUT2D eigenvalue weighted by Gasteiger charge is 2.49. The van der Waals surface area contributed by atoms with Crippen LogP contribution in [-0.2, 0) is 14.3 Å². The second-order valence-corrected chi connectivity index (χ2v) is 11.6. The molecule has 1 N–H and O–H groups in total. The van der Waals surface area contributed by atoms with Crippen molar-refractivity contribution >= 4 is 34.7 Å². The number of benzene rings is 2. The highest BCUT2D eigenvalue weighted by atomic mass is 32.1. The van der Waals surface area contributed by atoms with Gasteiger partial charge in [-0.2, -0.15) is 13.2 Å². The van der Waals surface area contributed by atoms with Crippen LogP contribution in [0, 0.1) is 12.8 Å². The number of alkyl halides is 3. The van der Waals surface area contributed by atoms with Gasteiger partial charge in [-0.05, 0) is 30.7 Å². The number of ketones is 1. The summed E-state index contributed by atoms with van der Waals surface area (Å²) in [5.41, 5.74) is 2.57. The predicted octanol–water partition coefficient (Wildman–Crippen LogP) is 4.54. The van der Waals surface area contributed by atoms with Crippen molar-refractivity contribution in [3.63, 3.8) is 0 Å². The molecule has 0 spiro atoms. The monoisotopic (exact) mass is 588 g/mol. The number of rotatable bonds is 8. The fraction of sp³-hybridized carbons (Fsp3) is 0.367. The van der Waals surface area contributed by atoms with E-state index in [1.807, 2.05) is 79.0 Å². The number of fused-ring (bicyclic) bond motifs is 3. The molecule has 41 heavy (non-hydrogen) atoms. The number of thiophene rings is 1. The van der Waals surface area contributed by atoms with E-state index < -0.39 is 18.2 Å². The molecule has 11 heteroatoms. The topological polar surface area (TPSA) is 95.5 Å². The van der Waals surface area contributed by atoms with E-state index in [1.54, 1.807) is 11.3 Å². The summed E-state index contributed by atoms with van der Waals surface area (Å²) in [5, 5.41) is 14.1. The van der Waals surface area contributed by atoms with E-state index in [1.165, 1.54) is 0 Å². The first-order valence-electron chi connectivity index (χ1n) is 13.2. The fourth-order valence-corrected chi connectivity index (χ4v) is 6.11. The zero-order valence-electron chi connectivity index (χ0n) is 22.4. The average Bonchev–Trinajstić information content (AvgIpc) is 3.39. The van der Waals surface area contributed by atoms with Crippen LogP contribution in [0.3, 0.4) is 0 Å². The van der Waals surface area contributed by atoms with Gasteiger partial charge in [0.25, 0.3) is 0 Å². The van der Waals surface area contributed by atoms with E-state index in [0.717, 1.165) is 58.7 Å². The first kappa shape index (κ1) is 30.3. The van der Waals surface area contributed by atoms with E-state index in [-0.39, 0.29) is 17.9 Å². The van der Waals surface area contributed by atoms with Gasteiger partial charge in [0.1, 0.15) is 19.1 Å². The number of carboxylic acid groups (broad SMARTS) is 1. The van der Waals surface area contributed by atoms with Crippen LogP contribution in [0.1, 0.15) is 39.7 Å². The highest BCUT2D eigenvalue weighted by molar-refractivity contribution is 7.10. The number of hydrogen-bond donors (Lipinski definition) is 1. The number of ether oxygens (including phenoxy) is 1. The van der Waals surface area contributed by atoms with Crippen molar-refractivity contribution < 1.29 is 41.9 Å². The number of anilines is 1. The van der Waals surface area contributed by atoms with Crippen LogP contribution in [0.4, 0.5) is 18.9 Å². The van der Waals surface area contributed by atoms with Crippen LogP contribution in [0.2, 0.25) is 0 Å². The molecule has 2 bridgehead atoms. The molecule has 3 aliphatic heterocycles. The Bertz CT molecular complexity index is 1340. The third-order valence-electron chi connectivity index (χ3n) is 7.53. The molecule has 0 saturated carbocycles. The van der Waals surface area contributed by atoms with Crippen LogP contribution >= 0.6 is 11.3 Å². The number of carbonyl (C=O) groups excluding carboxylic acids is 3. The largest absolute Gasteiger partial charge is 0.542 e. The molecule has 0 amide bonds. The van der Waals surface area contributed by atoms with Gasteiger partial charge in [-0.3, -0.25) is 4.79 Å². The predicted molar refractivity (Wildman–Crippen MR) is 146 cm³/mol. The highest BCUT2D eigenvalue weighted by Crippen LogP contribution is 2.37. The Kier molecular flexibility index (Phi) is 9.49. The van der Waals surface area contributed by atoms with Crippen LogP contribution in [0.15, 0.2) is 72.1 Å². The van der Waals surface area contributed by atoms with Crippen molar-refractivity contribution in [2.24, 2.45) is 5.92 Å². The number of aliphatic carboxylic acids is 1. The molecule has 1 unspecified atom stereocenters. The van der Waals surface area contributed by atoms with Gasteiger partial charge in [-0.1, -0.05) is 48.5 Å². The molecule has 3 fully saturated rings. The van der Waals surface area contributed by atoms with Crippen LogP contribution in [0.5, 0.6) is 0 Å². The van der Waals surface area contributed by atoms with Gasteiger partial charge < -0.3 is 24.4 Å². The number of nitrogens with one attached hydrogen (secondary N) is 1. The quantitative estimate of drug-likeness (QED) is 0.236. The minimum absolute atomic E-state index is 0.157. The number of para-hydroxylation sites is 1. The number of nitrogens with zero attached hydrogens (tertiary/aromatic N) is 1. The smallest absolute Gasteiger partial charge is 0.430 e. The van der Waals surface area contributed by atoms with Crippen LogP contribution in [-0.4, -0.2) is 60.7 Å². The molecular formula is C30H31F3N2O5S. The standard InChI is InChI=1S/C28H31N2O3S.C2HF3O2/c1-20-16-23(19-34-20)25(31)17-30-14-12-21(13-15-30)26(18-30)33-28(32)27(22-8-4-2-5-9-22)29-24-10-6-3-7-11-24;3-2(4,5)1(6)7/h2-11,16,19,21,26-27,29H,12-15,17-18H2,1H3;(H,6,7)/q+1;/p-1/t21?,26-,27?,30?;/m0./s1. The Labute approximate surface area is 240 Å². The summed E-state index contributed by atoms with van der Waals surface area (Å²) in [4.78, 5) is 36.4. The lowest BCUT2D eigenvalue weighted by atomic mass is 9.82. The number of esters is 1. The first-order valence-corrected chi connectivity index (χ1v) is 14.1. The third kappa shape index (κ3) is 7.95. The first-order chi connectivity index (χ1) is 19.5. The average molecular weight is 589 g/mol. The number of quaternary nitrogens is 1. The second kappa shape index (κ2) is 12.9. The summed E-state index contributed by atoms with van der Waals surface area (Å²) in [5.74, 6) is -2.70. The van der Waals surface area contributed by atoms with Crippen molar-refractivity contribution in [2.75, 3.05) is 31.5 Å². The Morgan fingerprint density at radius 2 is 1.63 bits per heavy atom. The maximum atomic E-state index is 13.5. The molecule has 4 heterocycles. The fourth-order valence-electron chi connectivity index (χ4n) is 5.40. The Hall–Kier alpha value is -3.70. The zero-order chi connectivity index (χ0) is 29.6. The molecule has 218 valence electrons. The number of carbonyl (C=O) groups is 3. The SMILES string of the molecule is Cc1cc(C(=O)C[N+]23CCC(CC2)[C@@H](OC(=O)C(Nc2ccccc2)c2ccccc2)C3)cs1.O=C([O-])C(F)(F)F. The lowest BCUT2D eigenvalue weighted by Gasteiger charge is -2.51. The minimum Gasteiger partial charge on any atom is -0.542 e. The van der Waals surface area contributed by atoms with E-state index in [9.17, 15) is 22.8 Å². The normalized spacial score (nSPS) is 22.1. The van der Waals surface area contributed by atoms with Gasteiger partial charge in [-0.15, -0.1) is 11.3 Å². The molecule has 0 radical (unpaired) electrons. The van der Waals surface area contributed by atoms with Gasteiger partial charge in [-0.25, -0.2) is 4.79 Å². The molecule has 7 nitrogen and oxygen atoms in total. The van der Waals surface area contributed by atoms with Crippen LogP contribution < -0.4 is 10.4 Å². The lowest BCUT2D eigenvalue weighted by molar-refractivity contribution is -0.938. The number of piperidine rings is 3. The van der Waals surface area contributed by atoms with E-state index in [0.29, 0.717) is 12.5 Å². The molecule has 3 aliphatic rings. The van der Waals surface area contributed by atoms with Gasteiger partial charge >= 0.3 is 12.1 Å². The molecule has 6 rings (SSSR count). The van der Waals surface area contributed by atoms with Crippen molar-refractivity contribution in [3.05, 3.63) is 88.1 Å². The Morgan fingerprint density at radius 3 is 2.17 bits per heavy atom. The van der Waals surface area contributed by atoms with E-state index in [4.69, 9.17) is 14.6 Å². The molecule has 2 atom stereocenters. The molecular weight excluding hydrogens is 557 g/mol. The van der Waals surface area contributed by atoms with Crippen molar-refractivity contribution in [2.45, 2.75) is 38.1 Å². The summed E-state index contributed by atoms with van der Waals surface area (Å²) in [6.07, 6.45) is -3.36. The lowest BCUT2D eigenvalue weighted by Crippen LogP contribution is -2.65. The maximum Gasteiger partial charge on any atom is 0.430 e. The van der Waals surface area contributed by atoms with Crippen molar-refractivity contribution in [1.29, 1.82) is 0 Å². The van der Waals surface area contributed by atoms with Gasteiger partial charge in [0.2, 0.25) is 5.78 Å².